The van der Waals surface area contributed by atoms with Gasteiger partial charge >= 0.3 is 0 Å². The van der Waals surface area contributed by atoms with Crippen LogP contribution >= 0.6 is 0 Å². The van der Waals surface area contributed by atoms with E-state index >= 15 is 0 Å². The molecule has 0 aromatic carbocycles. The SMILES string of the molecule is CC1CN(CC2(CC(=N)N)CC2)CCCO1. The highest BCUT2D eigenvalue weighted by molar-refractivity contribution is 5.78. The van der Waals surface area contributed by atoms with Crippen LogP contribution in [-0.2, 0) is 4.74 Å². The quantitative estimate of drug-likeness (QED) is 0.558. The molecule has 1 aliphatic heterocycles. The van der Waals surface area contributed by atoms with E-state index in [4.69, 9.17) is 15.9 Å². The van der Waals surface area contributed by atoms with Crippen molar-refractivity contribution in [1.82, 2.24) is 4.90 Å². The van der Waals surface area contributed by atoms with Gasteiger partial charge in [0.25, 0.3) is 0 Å². The predicted molar refractivity (Wildman–Crippen MR) is 64.7 cm³/mol. The molecule has 1 unspecified atom stereocenters. The van der Waals surface area contributed by atoms with Gasteiger partial charge in [-0.05, 0) is 31.6 Å². The Balaban J connectivity index is 1.85. The van der Waals surface area contributed by atoms with Gasteiger partial charge in [0.15, 0.2) is 0 Å². The summed E-state index contributed by atoms with van der Waals surface area (Å²) in [6.45, 7) is 6.28. The van der Waals surface area contributed by atoms with Crippen LogP contribution in [0.4, 0.5) is 0 Å². The summed E-state index contributed by atoms with van der Waals surface area (Å²) in [5.74, 6) is 0.344. The van der Waals surface area contributed by atoms with Crippen LogP contribution in [0.2, 0.25) is 0 Å². The van der Waals surface area contributed by atoms with Gasteiger partial charge < -0.3 is 15.4 Å². The smallest absolute Gasteiger partial charge is 0.0911 e. The van der Waals surface area contributed by atoms with Crippen LogP contribution in [0.3, 0.4) is 0 Å². The van der Waals surface area contributed by atoms with Crippen LogP contribution in [-0.4, -0.2) is 43.1 Å². The Morgan fingerprint density at radius 1 is 1.56 bits per heavy atom. The molecule has 4 nitrogen and oxygen atoms in total. The number of nitrogens with two attached hydrogens (primary N) is 1. The summed E-state index contributed by atoms with van der Waals surface area (Å²) in [5, 5.41) is 7.42. The maximum Gasteiger partial charge on any atom is 0.0911 e. The van der Waals surface area contributed by atoms with Gasteiger partial charge in [-0.3, -0.25) is 5.41 Å². The van der Waals surface area contributed by atoms with E-state index in [0.717, 1.165) is 39.1 Å². The lowest BCUT2D eigenvalue weighted by Crippen LogP contribution is -2.36. The van der Waals surface area contributed by atoms with Crippen LogP contribution in [0.1, 0.15) is 32.6 Å². The van der Waals surface area contributed by atoms with Crippen LogP contribution in [0.25, 0.3) is 0 Å². The van der Waals surface area contributed by atoms with E-state index in [2.05, 4.69) is 11.8 Å². The largest absolute Gasteiger partial charge is 0.388 e. The van der Waals surface area contributed by atoms with Crippen LogP contribution in [0, 0.1) is 10.8 Å². The molecule has 1 heterocycles. The Morgan fingerprint density at radius 2 is 2.31 bits per heavy atom. The molecule has 0 spiro atoms. The summed E-state index contributed by atoms with van der Waals surface area (Å²) in [4.78, 5) is 2.49. The normalized spacial score (nSPS) is 29.7. The first-order valence-corrected chi connectivity index (χ1v) is 6.27. The zero-order chi connectivity index (χ0) is 11.6. The molecule has 2 aliphatic rings. The molecule has 1 aliphatic carbocycles. The highest BCUT2D eigenvalue weighted by Gasteiger charge is 2.44. The minimum atomic E-state index is 0.329. The zero-order valence-corrected chi connectivity index (χ0v) is 10.2. The van der Waals surface area contributed by atoms with Gasteiger partial charge in [0, 0.05) is 32.7 Å². The van der Waals surface area contributed by atoms with Gasteiger partial charge in [-0.25, -0.2) is 0 Å². The fourth-order valence-corrected chi connectivity index (χ4v) is 2.67. The standard InChI is InChI=1S/C12H23N3O/c1-10-8-15(5-2-6-16-10)9-12(3-4-12)7-11(13)14/h10H,2-9H2,1H3,(H3,13,14). The molecule has 0 aromatic rings. The molecule has 3 N–H and O–H groups in total. The Labute approximate surface area is 97.6 Å². The lowest BCUT2D eigenvalue weighted by atomic mass is 10.0. The summed E-state index contributed by atoms with van der Waals surface area (Å²) in [6, 6.07) is 0. The van der Waals surface area contributed by atoms with Crippen molar-refractivity contribution >= 4 is 5.84 Å². The van der Waals surface area contributed by atoms with Crippen molar-refractivity contribution in [3.63, 3.8) is 0 Å². The second-order valence-electron chi connectivity index (χ2n) is 5.47. The van der Waals surface area contributed by atoms with E-state index in [1.165, 1.54) is 12.8 Å². The van der Waals surface area contributed by atoms with Crippen LogP contribution in [0.15, 0.2) is 0 Å². The summed E-state index contributed by atoms with van der Waals surface area (Å²) in [5.41, 5.74) is 5.85. The molecule has 0 radical (unpaired) electrons. The molecule has 16 heavy (non-hydrogen) atoms. The summed E-state index contributed by atoms with van der Waals surface area (Å²) >= 11 is 0. The molecule has 0 amide bonds. The van der Waals surface area contributed by atoms with Crippen molar-refractivity contribution in [3.8, 4) is 0 Å². The minimum Gasteiger partial charge on any atom is -0.388 e. The molecule has 1 atom stereocenters. The Morgan fingerprint density at radius 3 is 2.94 bits per heavy atom. The Hall–Kier alpha value is -0.610. The number of hydrogen-bond donors (Lipinski definition) is 2. The number of ether oxygens (including phenoxy) is 1. The fourth-order valence-electron chi connectivity index (χ4n) is 2.67. The first-order chi connectivity index (χ1) is 7.60. The van der Waals surface area contributed by atoms with Crippen molar-refractivity contribution < 1.29 is 4.74 Å². The lowest BCUT2D eigenvalue weighted by molar-refractivity contribution is 0.0649. The molecule has 4 heteroatoms. The third kappa shape index (κ3) is 3.19. The lowest BCUT2D eigenvalue weighted by Gasteiger charge is -2.26. The average molecular weight is 225 g/mol. The molecule has 0 aromatic heterocycles. The molecular formula is C12H23N3O. The second kappa shape index (κ2) is 4.72. The first-order valence-electron chi connectivity index (χ1n) is 6.27. The van der Waals surface area contributed by atoms with E-state index in [1.807, 2.05) is 0 Å². The second-order valence-corrected chi connectivity index (χ2v) is 5.47. The van der Waals surface area contributed by atoms with E-state index in [1.54, 1.807) is 0 Å². The highest BCUT2D eigenvalue weighted by atomic mass is 16.5. The van der Waals surface area contributed by atoms with Crippen molar-refractivity contribution in [2.24, 2.45) is 11.1 Å². The Kier molecular flexibility index (Phi) is 3.50. The van der Waals surface area contributed by atoms with Gasteiger partial charge in [-0.15, -0.1) is 0 Å². The summed E-state index contributed by atoms with van der Waals surface area (Å²) in [7, 11) is 0. The van der Waals surface area contributed by atoms with Gasteiger partial charge in [0.2, 0.25) is 0 Å². The number of hydrogen-bond acceptors (Lipinski definition) is 3. The first kappa shape index (κ1) is 11.9. The number of amidine groups is 1. The maximum atomic E-state index is 7.42. The van der Waals surface area contributed by atoms with Gasteiger partial charge in [0.1, 0.15) is 0 Å². The average Bonchev–Trinajstić information content (AvgIpc) is 2.92. The topological polar surface area (TPSA) is 62.3 Å². The monoisotopic (exact) mass is 225 g/mol. The number of rotatable bonds is 4. The maximum absolute atomic E-state index is 7.42. The van der Waals surface area contributed by atoms with Gasteiger partial charge in [-0.1, -0.05) is 0 Å². The predicted octanol–water partition coefficient (Wildman–Crippen LogP) is 1.20. The van der Waals surface area contributed by atoms with E-state index < -0.39 is 0 Å². The van der Waals surface area contributed by atoms with Gasteiger partial charge in [-0.2, -0.15) is 0 Å². The fraction of sp³-hybridized carbons (Fsp3) is 0.917. The number of nitrogens with one attached hydrogen (secondary N) is 1. The van der Waals surface area contributed by atoms with E-state index in [0.29, 0.717) is 17.4 Å². The van der Waals surface area contributed by atoms with Crippen molar-refractivity contribution in [2.75, 3.05) is 26.2 Å². The van der Waals surface area contributed by atoms with E-state index in [-0.39, 0.29) is 0 Å². The Bertz CT molecular complexity index is 263. The summed E-state index contributed by atoms with van der Waals surface area (Å²) < 4.78 is 5.64. The van der Waals surface area contributed by atoms with Crippen molar-refractivity contribution in [3.05, 3.63) is 0 Å². The molecule has 2 rings (SSSR count). The zero-order valence-electron chi connectivity index (χ0n) is 10.2. The number of nitrogens with zero attached hydrogens (tertiary/aromatic N) is 1. The van der Waals surface area contributed by atoms with Crippen LogP contribution in [0.5, 0.6) is 0 Å². The van der Waals surface area contributed by atoms with Crippen molar-refractivity contribution in [2.45, 2.75) is 38.7 Å². The molecular weight excluding hydrogens is 202 g/mol. The highest BCUT2D eigenvalue weighted by Crippen LogP contribution is 2.49. The third-order valence-corrected chi connectivity index (χ3v) is 3.62. The minimum absolute atomic E-state index is 0.329. The third-order valence-electron chi connectivity index (χ3n) is 3.62. The summed E-state index contributed by atoms with van der Waals surface area (Å²) in [6.07, 6.45) is 4.71. The molecule has 2 fully saturated rings. The molecule has 1 saturated carbocycles. The van der Waals surface area contributed by atoms with Crippen molar-refractivity contribution in [1.29, 1.82) is 5.41 Å². The van der Waals surface area contributed by atoms with Gasteiger partial charge in [0.05, 0.1) is 11.9 Å². The van der Waals surface area contributed by atoms with Crippen LogP contribution < -0.4 is 5.73 Å². The molecule has 92 valence electrons. The molecule has 1 saturated heterocycles. The van der Waals surface area contributed by atoms with E-state index in [9.17, 15) is 0 Å². The molecule has 0 bridgehead atoms.